The Morgan fingerprint density at radius 3 is 1.34 bits per heavy atom. The number of nitrogens with zero attached hydrogens (tertiary/aromatic N) is 1. The van der Waals surface area contributed by atoms with Gasteiger partial charge >= 0.3 is 18.2 Å². The van der Waals surface area contributed by atoms with Crippen molar-refractivity contribution >= 4 is 24.1 Å². The first-order chi connectivity index (χ1) is 17.5. The Hall–Kier alpha value is -4.08. The van der Waals surface area contributed by atoms with Crippen molar-refractivity contribution in [2.24, 2.45) is 0 Å². The molecule has 2 aromatic rings. The van der Waals surface area contributed by atoms with Gasteiger partial charge in [0.2, 0.25) is 5.91 Å². The maximum Gasteiger partial charge on any atom is 0.408 e. The fourth-order valence-electron chi connectivity index (χ4n) is 2.98. The summed E-state index contributed by atoms with van der Waals surface area (Å²) >= 11 is 0. The maximum atomic E-state index is 12.2. The smallest absolute Gasteiger partial charge is 0.408 e. The second-order valence-corrected chi connectivity index (χ2v) is 10.6. The van der Waals surface area contributed by atoms with Crippen LogP contribution in [0.5, 0.6) is 0 Å². The molecule has 0 bridgehead atoms. The largest absolute Gasteiger partial charge is 0.479 e. The van der Waals surface area contributed by atoms with Crippen molar-refractivity contribution in [2.45, 2.75) is 64.8 Å². The normalized spacial score (nSPS) is 12.5. The number of carboxylic acid groups (broad SMARTS) is 1. The van der Waals surface area contributed by atoms with E-state index in [2.05, 4.69) is 10.6 Å². The lowest BCUT2D eigenvalue weighted by Gasteiger charge is -2.25. The predicted octanol–water partition coefficient (Wildman–Crippen LogP) is 4.68. The van der Waals surface area contributed by atoms with Gasteiger partial charge in [-0.3, -0.25) is 4.79 Å². The van der Waals surface area contributed by atoms with E-state index in [9.17, 15) is 19.2 Å². The van der Waals surface area contributed by atoms with Crippen LogP contribution in [0.3, 0.4) is 0 Å². The minimum Gasteiger partial charge on any atom is -0.479 e. The second-order valence-electron chi connectivity index (χ2n) is 10.6. The van der Waals surface area contributed by atoms with Crippen LogP contribution in [0, 0.1) is 0 Å². The molecule has 0 aliphatic rings. The Morgan fingerprint density at radius 2 is 1.03 bits per heavy atom. The van der Waals surface area contributed by atoms with Gasteiger partial charge in [-0.15, -0.1) is 0 Å². The molecule has 208 valence electrons. The molecule has 2 atom stereocenters. The number of carbonyl (C=O) groups excluding carboxylic acids is 3. The first-order valence-corrected chi connectivity index (χ1v) is 12.0. The van der Waals surface area contributed by atoms with E-state index in [0.717, 1.165) is 5.56 Å². The maximum absolute atomic E-state index is 12.2. The molecule has 3 N–H and O–H groups in total. The van der Waals surface area contributed by atoms with Crippen molar-refractivity contribution in [3.8, 4) is 0 Å². The highest BCUT2D eigenvalue weighted by atomic mass is 16.6. The summed E-state index contributed by atoms with van der Waals surface area (Å²) in [6.45, 7) is 10.5. The molecule has 10 nitrogen and oxygen atoms in total. The first kappa shape index (κ1) is 31.9. The fourth-order valence-corrected chi connectivity index (χ4v) is 2.98. The van der Waals surface area contributed by atoms with Crippen molar-refractivity contribution < 1.29 is 33.8 Å². The number of rotatable bonds is 6. The van der Waals surface area contributed by atoms with Gasteiger partial charge in [0.05, 0.1) is 0 Å². The van der Waals surface area contributed by atoms with Gasteiger partial charge in [0, 0.05) is 14.1 Å². The predicted molar refractivity (Wildman–Crippen MR) is 143 cm³/mol. The SMILES string of the molecule is CC(C)(C)OC(=O)N[C@H](C(=O)O)c1ccccc1.CN(C)C(=O)[C@@H](NC(=O)OC(C)(C)C)c1ccccc1. The summed E-state index contributed by atoms with van der Waals surface area (Å²) in [5.74, 6) is -1.34. The van der Waals surface area contributed by atoms with Crippen molar-refractivity contribution in [3.05, 3.63) is 71.8 Å². The molecule has 0 radical (unpaired) electrons. The average molecular weight is 530 g/mol. The molecule has 0 spiro atoms. The molecule has 0 fully saturated rings. The lowest BCUT2D eigenvalue weighted by Crippen LogP contribution is -2.42. The van der Waals surface area contributed by atoms with Crippen molar-refractivity contribution in [1.29, 1.82) is 0 Å². The third-order valence-corrected chi connectivity index (χ3v) is 4.52. The van der Waals surface area contributed by atoms with Crippen molar-refractivity contribution in [3.63, 3.8) is 0 Å². The van der Waals surface area contributed by atoms with E-state index in [1.54, 1.807) is 98.1 Å². The summed E-state index contributed by atoms with van der Waals surface area (Å²) in [6, 6.07) is 15.7. The topological polar surface area (TPSA) is 134 Å². The summed E-state index contributed by atoms with van der Waals surface area (Å²) in [4.78, 5) is 48.2. The number of carbonyl (C=O) groups is 4. The van der Waals surface area contributed by atoms with Gasteiger partial charge < -0.3 is 30.1 Å². The quantitative estimate of drug-likeness (QED) is 0.495. The number of hydrogen-bond donors (Lipinski definition) is 3. The molecular formula is C28H39N3O7. The van der Waals surface area contributed by atoms with Crippen LogP contribution in [0.15, 0.2) is 60.7 Å². The van der Waals surface area contributed by atoms with Crippen molar-refractivity contribution in [1.82, 2.24) is 15.5 Å². The number of aliphatic carboxylic acids is 1. The molecule has 2 rings (SSSR count). The molecule has 0 heterocycles. The molecular weight excluding hydrogens is 490 g/mol. The molecule has 10 heteroatoms. The zero-order chi connectivity index (χ0) is 29.1. The summed E-state index contributed by atoms with van der Waals surface area (Å²) < 4.78 is 10.2. The van der Waals surface area contributed by atoms with Crippen LogP contribution in [0.4, 0.5) is 9.59 Å². The Kier molecular flexibility index (Phi) is 11.8. The van der Waals surface area contributed by atoms with Gasteiger partial charge in [-0.25, -0.2) is 14.4 Å². The Labute approximate surface area is 224 Å². The van der Waals surface area contributed by atoms with E-state index >= 15 is 0 Å². The fraction of sp³-hybridized carbons (Fsp3) is 0.429. The van der Waals surface area contributed by atoms with Crippen molar-refractivity contribution in [2.75, 3.05) is 14.1 Å². The van der Waals surface area contributed by atoms with E-state index in [1.165, 1.54) is 4.90 Å². The number of nitrogens with one attached hydrogen (secondary N) is 2. The van der Waals surface area contributed by atoms with Crippen LogP contribution in [-0.4, -0.2) is 59.4 Å². The number of alkyl carbamates (subject to hydrolysis) is 2. The van der Waals surface area contributed by atoms with Crippen LogP contribution in [0.25, 0.3) is 0 Å². The minimum absolute atomic E-state index is 0.206. The molecule has 0 aromatic heterocycles. The van der Waals surface area contributed by atoms with Crippen LogP contribution < -0.4 is 10.6 Å². The molecule has 0 saturated carbocycles. The second kappa shape index (κ2) is 14.0. The van der Waals surface area contributed by atoms with Gasteiger partial charge in [0.15, 0.2) is 6.04 Å². The molecule has 0 aliphatic carbocycles. The Balaban J connectivity index is 0.000000382. The summed E-state index contributed by atoms with van der Waals surface area (Å²) in [7, 11) is 3.30. The summed E-state index contributed by atoms with van der Waals surface area (Å²) in [5.41, 5.74) is -0.0519. The van der Waals surface area contributed by atoms with Crippen LogP contribution >= 0.6 is 0 Å². The Bertz CT molecular complexity index is 1060. The highest BCUT2D eigenvalue weighted by molar-refractivity contribution is 5.86. The van der Waals surface area contributed by atoms with Gasteiger partial charge in [-0.2, -0.15) is 0 Å². The van der Waals surface area contributed by atoms with E-state index in [4.69, 9.17) is 14.6 Å². The number of amides is 3. The monoisotopic (exact) mass is 529 g/mol. The van der Waals surface area contributed by atoms with Gasteiger partial charge in [-0.05, 0) is 52.7 Å². The number of benzene rings is 2. The van der Waals surface area contributed by atoms with E-state index in [-0.39, 0.29) is 5.91 Å². The zero-order valence-electron chi connectivity index (χ0n) is 23.3. The lowest BCUT2D eigenvalue weighted by molar-refractivity contribution is -0.139. The number of likely N-dealkylation sites (N-methyl/N-ethyl adjacent to an activating group) is 1. The number of hydrogen-bond acceptors (Lipinski definition) is 6. The molecule has 3 amide bonds. The standard InChI is InChI=1S/C15H22N2O3.C13H17NO4/c1-15(2,3)20-14(19)16-12(13(18)17(4)5)11-9-7-6-8-10-11;1-13(2,3)18-12(17)14-10(11(15)16)9-7-5-4-6-8-9/h6-10,12H,1-5H3,(H,16,19);4-8,10H,1-3H3,(H,14,17)(H,15,16)/t12-;10-/m00/s1. The van der Waals surface area contributed by atoms with E-state index in [1.807, 2.05) is 18.2 Å². The van der Waals surface area contributed by atoms with Crippen LogP contribution in [0.2, 0.25) is 0 Å². The van der Waals surface area contributed by atoms with Gasteiger partial charge in [0.25, 0.3) is 0 Å². The van der Waals surface area contributed by atoms with Crippen LogP contribution in [-0.2, 0) is 19.1 Å². The molecule has 0 saturated heterocycles. The highest BCUT2D eigenvalue weighted by Crippen LogP contribution is 2.17. The minimum atomic E-state index is -1.13. The third kappa shape index (κ3) is 12.2. The highest BCUT2D eigenvalue weighted by Gasteiger charge is 2.27. The zero-order valence-corrected chi connectivity index (χ0v) is 23.3. The number of ether oxygens (including phenoxy) is 2. The van der Waals surface area contributed by atoms with Crippen LogP contribution in [0.1, 0.15) is 64.8 Å². The number of carboxylic acids is 1. The lowest BCUT2D eigenvalue weighted by atomic mass is 10.1. The molecule has 0 unspecified atom stereocenters. The molecule has 2 aromatic carbocycles. The average Bonchev–Trinajstić information content (AvgIpc) is 2.79. The summed E-state index contributed by atoms with van der Waals surface area (Å²) in [6.07, 6.45) is -1.36. The van der Waals surface area contributed by atoms with E-state index in [0.29, 0.717) is 5.56 Å². The first-order valence-electron chi connectivity index (χ1n) is 12.0. The Morgan fingerprint density at radius 1 is 0.684 bits per heavy atom. The molecule has 0 aliphatic heterocycles. The van der Waals surface area contributed by atoms with Gasteiger partial charge in [-0.1, -0.05) is 60.7 Å². The third-order valence-electron chi connectivity index (χ3n) is 4.52. The van der Waals surface area contributed by atoms with E-state index < -0.39 is 41.4 Å². The summed E-state index contributed by atoms with van der Waals surface area (Å²) in [5, 5.41) is 14.1. The molecule has 38 heavy (non-hydrogen) atoms. The van der Waals surface area contributed by atoms with Gasteiger partial charge in [0.1, 0.15) is 17.2 Å².